The zero-order valence-electron chi connectivity index (χ0n) is 18.6. The number of aliphatic hydroxyl groups is 1. The number of nitrogens with one attached hydrogen (secondary N) is 2. The molecule has 8 heteroatoms. The third-order valence-electron chi connectivity index (χ3n) is 8.42. The van der Waals surface area contributed by atoms with Gasteiger partial charge in [0.1, 0.15) is 11.7 Å². The van der Waals surface area contributed by atoms with Gasteiger partial charge in [0.15, 0.2) is 0 Å². The van der Waals surface area contributed by atoms with Gasteiger partial charge in [0.05, 0.1) is 5.60 Å². The van der Waals surface area contributed by atoms with Crippen molar-refractivity contribution in [3.05, 3.63) is 11.8 Å². The van der Waals surface area contributed by atoms with Crippen molar-refractivity contribution in [2.75, 3.05) is 18.5 Å². The Bertz CT molecular complexity index is 854. The first-order chi connectivity index (χ1) is 15.5. The van der Waals surface area contributed by atoms with Gasteiger partial charge in [-0.15, -0.1) is 0 Å². The average Bonchev–Trinajstić information content (AvgIpc) is 2.73. The Morgan fingerprint density at radius 2 is 1.88 bits per heavy atom. The van der Waals surface area contributed by atoms with E-state index in [0.717, 1.165) is 77.4 Å². The number of amides is 1. The van der Waals surface area contributed by atoms with Gasteiger partial charge in [-0.2, -0.15) is 4.98 Å². The van der Waals surface area contributed by atoms with Gasteiger partial charge < -0.3 is 25.2 Å². The number of anilines is 1. The second-order valence-electron chi connectivity index (χ2n) is 10.8. The molecule has 3 N–H and O–H groups in total. The van der Waals surface area contributed by atoms with Crippen molar-refractivity contribution in [1.82, 2.24) is 15.3 Å². The summed E-state index contributed by atoms with van der Waals surface area (Å²) in [5.74, 6) is 2.09. The van der Waals surface area contributed by atoms with Crippen molar-refractivity contribution in [3.8, 4) is 5.88 Å². The van der Waals surface area contributed by atoms with Crippen molar-refractivity contribution in [3.63, 3.8) is 0 Å². The maximum absolute atomic E-state index is 13.4. The lowest BCUT2D eigenvalue weighted by Gasteiger charge is -2.58. The van der Waals surface area contributed by atoms with E-state index < -0.39 is 5.60 Å². The average molecular weight is 443 g/mol. The Labute approximate surface area is 188 Å². The number of hydrogen-bond donors (Lipinski definition) is 3. The molecular formula is C24H34N4O4. The van der Waals surface area contributed by atoms with Crippen molar-refractivity contribution < 1.29 is 19.4 Å². The molecule has 0 aromatic carbocycles. The van der Waals surface area contributed by atoms with Crippen LogP contribution in [0, 0.1) is 17.8 Å². The molecule has 0 radical (unpaired) electrons. The van der Waals surface area contributed by atoms with E-state index in [1.165, 1.54) is 0 Å². The Kier molecular flexibility index (Phi) is 5.25. The van der Waals surface area contributed by atoms with Gasteiger partial charge in [0.2, 0.25) is 11.8 Å². The molecule has 2 atom stereocenters. The fourth-order valence-corrected chi connectivity index (χ4v) is 6.80. The first kappa shape index (κ1) is 20.7. The second kappa shape index (κ2) is 8.13. The van der Waals surface area contributed by atoms with Crippen LogP contribution in [0.25, 0.3) is 0 Å². The molecule has 174 valence electrons. The van der Waals surface area contributed by atoms with Crippen LogP contribution in [0.2, 0.25) is 0 Å². The summed E-state index contributed by atoms with van der Waals surface area (Å²) in [7, 11) is 0. The number of carbonyl (C=O) groups is 1. The third kappa shape index (κ3) is 3.96. The Balaban J connectivity index is 1.19. The number of aromatic nitrogens is 2. The number of carbonyl (C=O) groups excluding carboxylic acids is 1. The van der Waals surface area contributed by atoms with E-state index in [2.05, 4.69) is 20.6 Å². The summed E-state index contributed by atoms with van der Waals surface area (Å²) in [6.45, 7) is 1.48. The molecule has 1 saturated heterocycles. The summed E-state index contributed by atoms with van der Waals surface area (Å²) in [5, 5.41) is 17.5. The van der Waals surface area contributed by atoms with Crippen LogP contribution in [0.4, 0.5) is 5.95 Å². The van der Waals surface area contributed by atoms with E-state index in [0.29, 0.717) is 35.1 Å². The number of nitrogens with zero attached hydrogens (tertiary/aromatic N) is 2. The topological polar surface area (TPSA) is 106 Å². The molecule has 1 aromatic rings. The highest BCUT2D eigenvalue weighted by Crippen LogP contribution is 2.55. The lowest BCUT2D eigenvalue weighted by Crippen LogP contribution is -2.61. The molecule has 6 aliphatic rings. The molecule has 5 aliphatic carbocycles. The minimum atomic E-state index is -0.503. The minimum Gasteiger partial charge on any atom is -0.474 e. The van der Waals surface area contributed by atoms with Crippen molar-refractivity contribution >= 4 is 11.9 Å². The molecule has 32 heavy (non-hydrogen) atoms. The minimum absolute atomic E-state index is 0.121. The second-order valence-corrected chi connectivity index (χ2v) is 10.8. The third-order valence-corrected chi connectivity index (χ3v) is 8.42. The summed E-state index contributed by atoms with van der Waals surface area (Å²) < 4.78 is 11.6. The molecule has 1 amide bonds. The first-order valence-electron chi connectivity index (χ1n) is 12.5. The summed E-state index contributed by atoms with van der Waals surface area (Å²) in [6.07, 6.45) is 11.5. The fourth-order valence-electron chi connectivity index (χ4n) is 6.80. The van der Waals surface area contributed by atoms with E-state index >= 15 is 0 Å². The quantitative estimate of drug-likeness (QED) is 0.622. The SMILES string of the molecule is O=C(N[C@H]1C2CC3CC1C[C@@](O)(C3)C2)c1cnc(NC2CCOCC2)nc1OC1CCC1. The Hall–Kier alpha value is -1.93. The van der Waals surface area contributed by atoms with Crippen LogP contribution in [0.5, 0.6) is 5.88 Å². The van der Waals surface area contributed by atoms with Gasteiger partial charge in [0.25, 0.3) is 5.91 Å². The number of ether oxygens (including phenoxy) is 2. The predicted molar refractivity (Wildman–Crippen MR) is 118 cm³/mol. The summed E-state index contributed by atoms with van der Waals surface area (Å²) >= 11 is 0. The van der Waals surface area contributed by atoms with Gasteiger partial charge >= 0.3 is 0 Å². The molecule has 1 aliphatic heterocycles. The molecule has 2 unspecified atom stereocenters. The standard InChI is InChI=1S/C24H34N4O4/c29-21(27-20-15-8-14-9-16(20)12-24(30,10-14)11-15)19-13-25-23(26-17-4-6-31-7-5-17)28-22(19)32-18-2-1-3-18/h13-18,20,30H,1-12H2,(H,27,29)(H,25,26,28)/t14?,15?,16?,20-,24+. The Morgan fingerprint density at radius 3 is 2.53 bits per heavy atom. The van der Waals surface area contributed by atoms with Crippen molar-refractivity contribution in [2.24, 2.45) is 17.8 Å². The monoisotopic (exact) mass is 442 g/mol. The molecule has 2 heterocycles. The molecule has 5 saturated carbocycles. The molecule has 0 spiro atoms. The van der Waals surface area contributed by atoms with Gasteiger partial charge in [-0.05, 0) is 82.0 Å². The van der Waals surface area contributed by atoms with Crippen LogP contribution in [-0.2, 0) is 4.74 Å². The van der Waals surface area contributed by atoms with Crippen LogP contribution < -0.4 is 15.4 Å². The first-order valence-corrected chi connectivity index (χ1v) is 12.5. The normalized spacial score (nSPS) is 36.5. The van der Waals surface area contributed by atoms with Crippen LogP contribution in [-0.4, -0.2) is 58.0 Å². The van der Waals surface area contributed by atoms with Gasteiger partial charge in [0, 0.05) is 31.5 Å². The van der Waals surface area contributed by atoms with E-state index in [1.807, 2.05) is 0 Å². The highest BCUT2D eigenvalue weighted by Gasteiger charge is 2.55. The predicted octanol–water partition coefficient (Wildman–Crippen LogP) is 2.67. The van der Waals surface area contributed by atoms with Crippen molar-refractivity contribution in [1.29, 1.82) is 0 Å². The highest BCUT2D eigenvalue weighted by molar-refractivity contribution is 5.96. The maximum atomic E-state index is 13.4. The smallest absolute Gasteiger partial charge is 0.258 e. The molecule has 6 fully saturated rings. The maximum Gasteiger partial charge on any atom is 0.258 e. The van der Waals surface area contributed by atoms with Gasteiger partial charge in [-0.1, -0.05) is 0 Å². The summed E-state index contributed by atoms with van der Waals surface area (Å²) in [5.41, 5.74) is -0.0847. The largest absolute Gasteiger partial charge is 0.474 e. The van der Waals surface area contributed by atoms with E-state index in [-0.39, 0.29) is 24.1 Å². The lowest BCUT2D eigenvalue weighted by atomic mass is 9.52. The highest BCUT2D eigenvalue weighted by atomic mass is 16.5. The molecular weight excluding hydrogens is 408 g/mol. The number of rotatable bonds is 6. The Morgan fingerprint density at radius 1 is 1.12 bits per heavy atom. The van der Waals surface area contributed by atoms with Crippen LogP contribution >= 0.6 is 0 Å². The molecule has 8 nitrogen and oxygen atoms in total. The van der Waals surface area contributed by atoms with Gasteiger partial charge in [-0.25, -0.2) is 4.98 Å². The molecule has 7 rings (SSSR count). The van der Waals surface area contributed by atoms with Crippen LogP contribution in [0.15, 0.2) is 6.20 Å². The van der Waals surface area contributed by atoms with E-state index in [9.17, 15) is 9.90 Å². The van der Waals surface area contributed by atoms with Gasteiger partial charge in [-0.3, -0.25) is 4.79 Å². The molecule has 4 bridgehead atoms. The van der Waals surface area contributed by atoms with E-state index in [1.54, 1.807) is 6.20 Å². The lowest BCUT2D eigenvalue weighted by molar-refractivity contribution is -0.136. The van der Waals surface area contributed by atoms with Crippen LogP contribution in [0.3, 0.4) is 0 Å². The van der Waals surface area contributed by atoms with E-state index in [4.69, 9.17) is 9.47 Å². The fraction of sp³-hybridized carbons (Fsp3) is 0.792. The summed E-state index contributed by atoms with van der Waals surface area (Å²) in [4.78, 5) is 22.4. The zero-order valence-corrected chi connectivity index (χ0v) is 18.6. The summed E-state index contributed by atoms with van der Waals surface area (Å²) in [6, 6.07) is 0.398. The zero-order chi connectivity index (χ0) is 21.7. The molecule has 1 aromatic heterocycles. The number of hydrogen-bond acceptors (Lipinski definition) is 7. The van der Waals surface area contributed by atoms with Crippen LogP contribution in [0.1, 0.15) is 74.6 Å². The van der Waals surface area contributed by atoms with Crippen molar-refractivity contribution in [2.45, 2.75) is 88.0 Å².